The molecule has 21 heavy (non-hydrogen) atoms. The van der Waals surface area contributed by atoms with Gasteiger partial charge in [0.1, 0.15) is 22.5 Å². The van der Waals surface area contributed by atoms with Crippen LogP contribution in [0.1, 0.15) is 6.92 Å². The first kappa shape index (κ1) is 13.7. The third-order valence-electron chi connectivity index (χ3n) is 3.30. The lowest BCUT2D eigenvalue weighted by atomic mass is 10.2. The van der Waals surface area contributed by atoms with Gasteiger partial charge in [-0.2, -0.15) is 0 Å². The fourth-order valence-electron chi connectivity index (χ4n) is 2.22. The third-order valence-corrected chi connectivity index (χ3v) is 4.38. The van der Waals surface area contributed by atoms with E-state index in [9.17, 15) is 9.18 Å². The molecule has 0 bridgehead atoms. The van der Waals surface area contributed by atoms with E-state index in [2.05, 4.69) is 15.3 Å². The maximum Gasteiger partial charge on any atom is 0.275 e. The van der Waals surface area contributed by atoms with Crippen LogP contribution in [0, 0.1) is 0 Å². The molecule has 7 heteroatoms. The van der Waals surface area contributed by atoms with Gasteiger partial charge in [0, 0.05) is 24.6 Å². The van der Waals surface area contributed by atoms with Crippen molar-refractivity contribution >= 4 is 43.2 Å². The van der Waals surface area contributed by atoms with Crippen molar-refractivity contribution in [2.75, 3.05) is 19.0 Å². The molecule has 0 fully saturated rings. The van der Waals surface area contributed by atoms with E-state index in [-0.39, 0.29) is 5.56 Å². The van der Waals surface area contributed by atoms with Gasteiger partial charge < -0.3 is 5.32 Å². The summed E-state index contributed by atoms with van der Waals surface area (Å²) in [6.45, 7) is 1.06. The number of hydrogen-bond acceptors (Lipinski definition) is 5. The molecule has 0 radical (unpaired) electrons. The topological polar surface area (TPSA) is 59.8 Å². The highest BCUT2D eigenvalue weighted by atomic mass is 32.1. The lowest BCUT2D eigenvalue weighted by Crippen LogP contribution is -2.18. The Bertz CT molecular complexity index is 912. The van der Waals surface area contributed by atoms with Gasteiger partial charge in [0.05, 0.1) is 10.9 Å². The number of allylic oxidation sites excluding steroid dienone is 2. The van der Waals surface area contributed by atoms with Gasteiger partial charge in [0.25, 0.3) is 5.56 Å². The van der Waals surface area contributed by atoms with E-state index < -0.39 is 6.67 Å². The molecule has 1 N–H and O–H groups in total. The second kappa shape index (κ2) is 5.25. The molecule has 0 saturated heterocycles. The number of fused-ring (bicyclic) bond motifs is 3. The first-order chi connectivity index (χ1) is 10.2. The molecule has 0 atom stereocenters. The lowest BCUT2D eigenvalue weighted by Gasteiger charge is -2.05. The first-order valence-electron chi connectivity index (χ1n) is 6.37. The second-order valence-electron chi connectivity index (χ2n) is 4.49. The molecular weight excluding hydrogens is 291 g/mol. The molecule has 3 aromatic heterocycles. The van der Waals surface area contributed by atoms with Crippen LogP contribution < -0.4 is 10.9 Å². The van der Waals surface area contributed by atoms with Crippen molar-refractivity contribution < 1.29 is 4.39 Å². The van der Waals surface area contributed by atoms with Crippen molar-refractivity contribution in [1.82, 2.24) is 14.5 Å². The molecule has 0 aromatic carbocycles. The summed E-state index contributed by atoms with van der Waals surface area (Å²) in [5, 5.41) is 3.93. The summed E-state index contributed by atoms with van der Waals surface area (Å²) in [6.07, 6.45) is 4.47. The highest BCUT2D eigenvalue weighted by Gasteiger charge is 2.15. The number of halogens is 1. The van der Waals surface area contributed by atoms with Crippen LogP contribution in [0.25, 0.3) is 26.1 Å². The first-order valence-corrected chi connectivity index (χ1v) is 7.18. The maximum absolute atomic E-state index is 12.5. The average Bonchev–Trinajstić information content (AvgIpc) is 2.87. The van der Waals surface area contributed by atoms with E-state index in [1.165, 1.54) is 28.3 Å². The number of thiophene rings is 1. The van der Waals surface area contributed by atoms with Gasteiger partial charge in [0.15, 0.2) is 0 Å². The zero-order valence-corrected chi connectivity index (χ0v) is 12.4. The van der Waals surface area contributed by atoms with Gasteiger partial charge in [-0.1, -0.05) is 0 Å². The summed E-state index contributed by atoms with van der Waals surface area (Å²) in [4.78, 5) is 22.0. The number of nitrogens with zero attached hydrogens (tertiary/aromatic N) is 3. The fraction of sp³-hybridized carbons (Fsp3) is 0.214. The molecule has 3 rings (SSSR count). The second-order valence-corrected chi connectivity index (χ2v) is 5.49. The molecule has 0 amide bonds. The number of rotatable bonds is 3. The molecule has 0 spiro atoms. The number of anilines is 1. The Balaban J connectivity index is 2.39. The molecule has 3 aromatic rings. The van der Waals surface area contributed by atoms with Crippen molar-refractivity contribution in [1.29, 1.82) is 0 Å². The Labute approximate surface area is 123 Å². The number of nitrogens with one attached hydrogen (secondary N) is 1. The SMILES string of the molecule is CNc1ccnc2sc3c(=O)n(/C(C)=C/CF)cnc3c12. The van der Waals surface area contributed by atoms with Crippen molar-refractivity contribution in [2.24, 2.45) is 0 Å². The van der Waals surface area contributed by atoms with Crippen LogP contribution in [0.2, 0.25) is 0 Å². The molecule has 0 aliphatic rings. The summed E-state index contributed by atoms with van der Waals surface area (Å²) >= 11 is 1.30. The highest BCUT2D eigenvalue weighted by molar-refractivity contribution is 7.25. The Morgan fingerprint density at radius 2 is 2.33 bits per heavy atom. The molecule has 3 heterocycles. The minimum atomic E-state index is -0.617. The van der Waals surface area contributed by atoms with Gasteiger partial charge in [-0.3, -0.25) is 9.36 Å². The molecule has 0 saturated carbocycles. The summed E-state index contributed by atoms with van der Waals surface area (Å²) in [6, 6.07) is 1.84. The normalized spacial score (nSPS) is 12.2. The van der Waals surface area contributed by atoms with E-state index >= 15 is 0 Å². The minimum absolute atomic E-state index is 0.202. The third kappa shape index (κ3) is 2.09. The fourth-order valence-corrected chi connectivity index (χ4v) is 3.28. The largest absolute Gasteiger partial charge is 0.387 e. The summed E-state index contributed by atoms with van der Waals surface area (Å²) in [5.41, 5.74) is 1.83. The standard InChI is InChI=1S/C14H13FN4OS/c1-8(3-5-15)19-7-18-11-10-9(16-2)4-6-17-13(10)21-12(11)14(19)20/h3-4,6-7H,5H2,1-2H3,(H,16,17)/b8-3+. The van der Waals surface area contributed by atoms with Gasteiger partial charge >= 0.3 is 0 Å². The predicted molar refractivity (Wildman–Crippen MR) is 84.6 cm³/mol. The van der Waals surface area contributed by atoms with Crippen molar-refractivity contribution in [3.8, 4) is 0 Å². The van der Waals surface area contributed by atoms with Crippen molar-refractivity contribution in [3.05, 3.63) is 35.0 Å². The van der Waals surface area contributed by atoms with E-state index in [1.54, 1.807) is 13.1 Å². The van der Waals surface area contributed by atoms with Crippen LogP contribution in [0.4, 0.5) is 10.1 Å². The highest BCUT2D eigenvalue weighted by Crippen LogP contribution is 2.33. The van der Waals surface area contributed by atoms with Gasteiger partial charge in [-0.05, 0) is 19.1 Å². The van der Waals surface area contributed by atoms with E-state index in [0.717, 1.165) is 15.9 Å². The number of alkyl halides is 1. The van der Waals surface area contributed by atoms with E-state index in [4.69, 9.17) is 0 Å². The summed E-state index contributed by atoms with van der Waals surface area (Å²) in [5.74, 6) is 0. The van der Waals surface area contributed by atoms with Crippen molar-refractivity contribution in [2.45, 2.75) is 6.92 Å². The number of hydrogen-bond donors (Lipinski definition) is 1. The van der Waals surface area contributed by atoms with Gasteiger partial charge in [0.2, 0.25) is 0 Å². The zero-order chi connectivity index (χ0) is 15.0. The zero-order valence-electron chi connectivity index (χ0n) is 11.6. The molecule has 5 nitrogen and oxygen atoms in total. The molecule has 108 valence electrons. The minimum Gasteiger partial charge on any atom is -0.387 e. The molecule has 0 aliphatic carbocycles. The van der Waals surface area contributed by atoms with Crippen LogP contribution in [0.15, 0.2) is 29.5 Å². The average molecular weight is 304 g/mol. The lowest BCUT2D eigenvalue weighted by molar-refractivity contribution is 0.561. The van der Waals surface area contributed by atoms with E-state index in [1.807, 2.05) is 13.1 Å². The maximum atomic E-state index is 12.5. The van der Waals surface area contributed by atoms with Crippen LogP contribution >= 0.6 is 11.3 Å². The summed E-state index contributed by atoms with van der Waals surface area (Å²) < 4.78 is 14.3. The Morgan fingerprint density at radius 3 is 3.05 bits per heavy atom. The Hall–Kier alpha value is -2.28. The van der Waals surface area contributed by atoms with Crippen molar-refractivity contribution in [3.63, 3.8) is 0 Å². The predicted octanol–water partition coefficient (Wildman–Crippen LogP) is 2.88. The van der Waals surface area contributed by atoms with Crippen LogP contribution in [0.5, 0.6) is 0 Å². The quantitative estimate of drug-likeness (QED) is 0.808. The molecule has 0 aliphatic heterocycles. The van der Waals surface area contributed by atoms with Crippen LogP contribution in [0.3, 0.4) is 0 Å². The summed E-state index contributed by atoms with van der Waals surface area (Å²) in [7, 11) is 1.81. The van der Waals surface area contributed by atoms with E-state index in [0.29, 0.717) is 15.9 Å². The van der Waals surface area contributed by atoms with Gasteiger partial charge in [-0.25, -0.2) is 14.4 Å². The molecule has 0 unspecified atom stereocenters. The van der Waals surface area contributed by atoms with Gasteiger partial charge in [-0.15, -0.1) is 11.3 Å². The Morgan fingerprint density at radius 1 is 1.52 bits per heavy atom. The van der Waals surface area contributed by atoms with Crippen LogP contribution in [-0.4, -0.2) is 28.3 Å². The molecular formula is C14H13FN4OS. The Kier molecular flexibility index (Phi) is 3.42. The number of pyridine rings is 1. The number of aromatic nitrogens is 3. The van der Waals surface area contributed by atoms with Crippen LogP contribution in [-0.2, 0) is 0 Å². The smallest absolute Gasteiger partial charge is 0.275 e. The monoisotopic (exact) mass is 304 g/mol.